The van der Waals surface area contributed by atoms with Crippen LogP contribution in [0.3, 0.4) is 0 Å². The van der Waals surface area contributed by atoms with E-state index in [1.807, 2.05) is 25.7 Å². The second kappa shape index (κ2) is 6.30. The Kier molecular flexibility index (Phi) is 4.86. The Balaban J connectivity index is 1.81. The quantitative estimate of drug-likeness (QED) is 0.677. The fraction of sp³-hybridized carbons (Fsp3) is 0.833. The normalized spacial score (nSPS) is 22.9. The summed E-state index contributed by atoms with van der Waals surface area (Å²) in [7, 11) is 0. The molecule has 1 aliphatic carbocycles. The zero-order valence-corrected chi connectivity index (χ0v) is 13.8. The highest BCUT2D eigenvalue weighted by atomic mass is 16.6. The first kappa shape index (κ1) is 16.2. The van der Waals surface area contributed by atoms with Crippen molar-refractivity contribution >= 4 is 6.09 Å². The van der Waals surface area contributed by atoms with E-state index in [9.17, 15) is 4.79 Å². The van der Waals surface area contributed by atoms with Crippen molar-refractivity contribution in [2.24, 2.45) is 11.3 Å². The predicted octanol–water partition coefficient (Wildman–Crippen LogP) is 4.22. The van der Waals surface area contributed by atoms with Gasteiger partial charge >= 0.3 is 6.09 Å². The number of carbonyl (C=O) groups is 1. The lowest BCUT2D eigenvalue weighted by Gasteiger charge is -2.45. The molecule has 21 heavy (non-hydrogen) atoms. The molecule has 2 fully saturated rings. The first-order valence-electron chi connectivity index (χ1n) is 8.25. The third-order valence-corrected chi connectivity index (χ3v) is 5.05. The molecule has 1 spiro atoms. The van der Waals surface area contributed by atoms with Crippen LogP contribution in [0.2, 0.25) is 0 Å². The van der Waals surface area contributed by atoms with Crippen molar-refractivity contribution in [2.75, 3.05) is 13.1 Å². The number of likely N-dealkylation sites (tertiary alicyclic amines) is 1. The molecule has 0 radical (unpaired) electrons. The van der Waals surface area contributed by atoms with Crippen molar-refractivity contribution < 1.29 is 9.53 Å². The molecule has 3 nitrogen and oxygen atoms in total. The van der Waals surface area contributed by atoms with E-state index >= 15 is 0 Å². The van der Waals surface area contributed by atoms with Gasteiger partial charge in [-0.1, -0.05) is 0 Å². The summed E-state index contributed by atoms with van der Waals surface area (Å²) in [6.45, 7) is 7.44. The summed E-state index contributed by atoms with van der Waals surface area (Å²) in [5.41, 5.74) is 0.0586. The molecule has 2 aliphatic rings. The van der Waals surface area contributed by atoms with Gasteiger partial charge < -0.3 is 9.64 Å². The van der Waals surface area contributed by atoms with E-state index in [-0.39, 0.29) is 6.09 Å². The molecule has 118 valence electrons. The molecule has 3 heteroatoms. The standard InChI is InChI=1S/C18H29NO2/c1-5-6-15-7-9-18(10-8-15)11-13-19(14-12-18)16(20)21-17(2,3)4/h1,15H,6-14H2,2-4H3. The van der Waals surface area contributed by atoms with Crippen LogP contribution in [0.15, 0.2) is 0 Å². The summed E-state index contributed by atoms with van der Waals surface area (Å²) in [5.74, 6) is 3.53. The van der Waals surface area contributed by atoms with Crippen LogP contribution in [-0.4, -0.2) is 29.7 Å². The number of amides is 1. The predicted molar refractivity (Wildman–Crippen MR) is 84.9 cm³/mol. The summed E-state index contributed by atoms with van der Waals surface area (Å²) in [6, 6.07) is 0. The van der Waals surface area contributed by atoms with Crippen LogP contribution < -0.4 is 0 Å². The molecule has 0 bridgehead atoms. The third-order valence-electron chi connectivity index (χ3n) is 5.05. The van der Waals surface area contributed by atoms with Crippen LogP contribution in [0, 0.1) is 23.7 Å². The molecule has 0 atom stereocenters. The molecule has 1 heterocycles. The summed E-state index contributed by atoms with van der Waals surface area (Å²) >= 11 is 0. The number of terminal acetylenes is 1. The van der Waals surface area contributed by atoms with E-state index in [0.717, 1.165) is 38.3 Å². The number of hydrogen-bond donors (Lipinski definition) is 0. The van der Waals surface area contributed by atoms with Crippen LogP contribution in [-0.2, 0) is 4.74 Å². The van der Waals surface area contributed by atoms with Gasteiger partial charge in [-0.3, -0.25) is 0 Å². The molecule has 1 amide bonds. The monoisotopic (exact) mass is 291 g/mol. The van der Waals surface area contributed by atoms with E-state index in [1.165, 1.54) is 25.7 Å². The third kappa shape index (κ3) is 4.40. The maximum Gasteiger partial charge on any atom is 0.410 e. The van der Waals surface area contributed by atoms with Gasteiger partial charge in [0.05, 0.1) is 0 Å². The zero-order valence-electron chi connectivity index (χ0n) is 13.8. The number of piperidine rings is 1. The molecule has 1 saturated carbocycles. The van der Waals surface area contributed by atoms with Crippen molar-refractivity contribution in [3.05, 3.63) is 0 Å². The lowest BCUT2D eigenvalue weighted by atomic mass is 9.65. The highest BCUT2D eigenvalue weighted by Gasteiger charge is 2.39. The average molecular weight is 291 g/mol. The highest BCUT2D eigenvalue weighted by molar-refractivity contribution is 5.68. The van der Waals surface area contributed by atoms with Crippen LogP contribution >= 0.6 is 0 Å². The van der Waals surface area contributed by atoms with E-state index in [0.29, 0.717) is 5.41 Å². The number of ether oxygens (including phenoxy) is 1. The Morgan fingerprint density at radius 3 is 2.29 bits per heavy atom. The van der Waals surface area contributed by atoms with Gasteiger partial charge in [-0.2, -0.15) is 0 Å². The second-order valence-corrected chi connectivity index (χ2v) is 7.82. The zero-order chi connectivity index (χ0) is 15.5. The molecule has 0 aromatic heterocycles. The minimum absolute atomic E-state index is 0.154. The lowest BCUT2D eigenvalue weighted by molar-refractivity contribution is 0.00159. The Bertz CT molecular complexity index is 398. The van der Waals surface area contributed by atoms with Crippen molar-refractivity contribution in [3.8, 4) is 12.3 Å². The largest absolute Gasteiger partial charge is 0.444 e. The van der Waals surface area contributed by atoms with Gasteiger partial charge in [0.15, 0.2) is 0 Å². The van der Waals surface area contributed by atoms with Gasteiger partial charge in [0.1, 0.15) is 5.60 Å². The van der Waals surface area contributed by atoms with E-state index in [4.69, 9.17) is 11.2 Å². The molecule has 0 N–H and O–H groups in total. The Hall–Kier alpha value is -1.17. The van der Waals surface area contributed by atoms with Crippen LogP contribution in [0.5, 0.6) is 0 Å². The lowest BCUT2D eigenvalue weighted by Crippen LogP contribution is -2.46. The number of rotatable bonds is 1. The number of carbonyl (C=O) groups excluding carboxylic acids is 1. The first-order valence-corrected chi connectivity index (χ1v) is 8.25. The molecule has 1 aliphatic heterocycles. The van der Waals surface area contributed by atoms with Crippen LogP contribution in [0.4, 0.5) is 4.79 Å². The number of nitrogens with zero attached hydrogens (tertiary/aromatic N) is 1. The first-order chi connectivity index (χ1) is 9.84. The van der Waals surface area contributed by atoms with E-state index in [2.05, 4.69) is 5.92 Å². The van der Waals surface area contributed by atoms with Crippen molar-refractivity contribution in [2.45, 2.75) is 71.3 Å². The highest BCUT2D eigenvalue weighted by Crippen LogP contribution is 2.46. The van der Waals surface area contributed by atoms with Crippen LogP contribution in [0.1, 0.15) is 65.7 Å². The average Bonchev–Trinajstić information content (AvgIpc) is 2.41. The fourth-order valence-corrected chi connectivity index (χ4v) is 3.65. The maximum atomic E-state index is 12.1. The van der Waals surface area contributed by atoms with Crippen molar-refractivity contribution in [1.29, 1.82) is 0 Å². The number of hydrogen-bond acceptors (Lipinski definition) is 2. The summed E-state index contributed by atoms with van der Waals surface area (Å²) in [6.07, 6.45) is 13.5. The van der Waals surface area contributed by atoms with Gasteiger partial charge in [0, 0.05) is 19.5 Å². The minimum atomic E-state index is -0.403. The molecular formula is C18H29NO2. The molecule has 1 saturated heterocycles. The Morgan fingerprint density at radius 1 is 1.24 bits per heavy atom. The van der Waals surface area contributed by atoms with Gasteiger partial charge in [-0.05, 0) is 70.6 Å². The molecule has 0 unspecified atom stereocenters. The minimum Gasteiger partial charge on any atom is -0.444 e. The Morgan fingerprint density at radius 2 is 1.81 bits per heavy atom. The molecular weight excluding hydrogens is 262 g/mol. The topological polar surface area (TPSA) is 29.5 Å². The smallest absolute Gasteiger partial charge is 0.410 e. The van der Waals surface area contributed by atoms with Gasteiger partial charge in [0.25, 0.3) is 0 Å². The maximum absolute atomic E-state index is 12.1. The summed E-state index contributed by atoms with van der Waals surface area (Å²) in [5, 5.41) is 0. The fourth-order valence-electron chi connectivity index (χ4n) is 3.65. The molecule has 0 aromatic carbocycles. The van der Waals surface area contributed by atoms with E-state index in [1.54, 1.807) is 0 Å². The summed E-state index contributed by atoms with van der Waals surface area (Å²) < 4.78 is 5.47. The van der Waals surface area contributed by atoms with Crippen LogP contribution in [0.25, 0.3) is 0 Å². The van der Waals surface area contributed by atoms with Crippen molar-refractivity contribution in [1.82, 2.24) is 4.90 Å². The Labute approximate surface area is 129 Å². The molecule has 0 aromatic rings. The summed E-state index contributed by atoms with van der Waals surface area (Å²) in [4.78, 5) is 14.0. The second-order valence-electron chi connectivity index (χ2n) is 7.82. The van der Waals surface area contributed by atoms with E-state index < -0.39 is 5.60 Å². The van der Waals surface area contributed by atoms with Gasteiger partial charge in [0.2, 0.25) is 0 Å². The SMILES string of the molecule is C#CCC1CCC2(CC1)CCN(C(=O)OC(C)(C)C)CC2. The van der Waals surface area contributed by atoms with Gasteiger partial charge in [-0.15, -0.1) is 12.3 Å². The van der Waals surface area contributed by atoms with Crippen molar-refractivity contribution in [3.63, 3.8) is 0 Å². The van der Waals surface area contributed by atoms with Gasteiger partial charge in [-0.25, -0.2) is 4.79 Å². The molecule has 2 rings (SSSR count).